The Bertz CT molecular complexity index is 885. The minimum absolute atomic E-state index is 0.214. The van der Waals surface area contributed by atoms with Gasteiger partial charge in [0.05, 0.1) is 6.20 Å². The largest absolute Gasteiger partial charge is 0.458 e. The summed E-state index contributed by atoms with van der Waals surface area (Å²) >= 11 is 0. The summed E-state index contributed by atoms with van der Waals surface area (Å²) in [5.41, 5.74) is 3.61. The minimum atomic E-state index is -0.381. The van der Waals surface area contributed by atoms with Crippen molar-refractivity contribution in [3.63, 3.8) is 0 Å². The van der Waals surface area contributed by atoms with E-state index < -0.39 is 0 Å². The SMILES string of the molecule is Cc1ccc(C)n1-c1c(C(=O)OC/C=C/c2ccccc2)cnn1C. The van der Waals surface area contributed by atoms with Crippen molar-refractivity contribution in [1.82, 2.24) is 14.3 Å². The molecule has 0 aliphatic carbocycles. The summed E-state index contributed by atoms with van der Waals surface area (Å²) in [5.74, 6) is 0.338. The molecule has 2 aromatic heterocycles. The van der Waals surface area contributed by atoms with Crippen molar-refractivity contribution in [3.8, 4) is 5.82 Å². The van der Waals surface area contributed by atoms with E-state index in [-0.39, 0.29) is 12.6 Å². The van der Waals surface area contributed by atoms with Gasteiger partial charge in [0.15, 0.2) is 0 Å². The average Bonchev–Trinajstić information content (AvgIpc) is 3.14. The second-order valence-electron chi connectivity index (χ2n) is 5.87. The summed E-state index contributed by atoms with van der Waals surface area (Å²) in [7, 11) is 1.82. The standard InChI is InChI=1S/C20H21N3O2/c1-15-11-12-16(2)23(15)19-18(14-21-22(19)3)20(24)25-13-7-10-17-8-5-4-6-9-17/h4-12,14H,13H2,1-3H3/b10-7+. The molecule has 0 fully saturated rings. The Hall–Kier alpha value is -3.08. The van der Waals surface area contributed by atoms with Gasteiger partial charge in [-0.1, -0.05) is 36.4 Å². The van der Waals surface area contributed by atoms with Crippen LogP contribution in [0.4, 0.5) is 0 Å². The zero-order chi connectivity index (χ0) is 17.8. The van der Waals surface area contributed by atoms with Gasteiger partial charge < -0.3 is 9.30 Å². The smallest absolute Gasteiger partial charge is 0.343 e. The van der Waals surface area contributed by atoms with Gasteiger partial charge in [-0.2, -0.15) is 5.10 Å². The molecule has 25 heavy (non-hydrogen) atoms. The summed E-state index contributed by atoms with van der Waals surface area (Å²) in [6.07, 6.45) is 5.31. The number of aryl methyl sites for hydroxylation is 3. The van der Waals surface area contributed by atoms with Gasteiger partial charge in [0, 0.05) is 18.4 Å². The van der Waals surface area contributed by atoms with E-state index in [4.69, 9.17) is 4.74 Å². The lowest BCUT2D eigenvalue weighted by atomic mass is 10.2. The molecule has 3 rings (SSSR count). The first-order valence-electron chi connectivity index (χ1n) is 8.14. The van der Waals surface area contributed by atoms with Crippen LogP contribution in [0.15, 0.2) is 54.7 Å². The number of esters is 1. The summed E-state index contributed by atoms with van der Waals surface area (Å²) in [6, 6.07) is 13.9. The van der Waals surface area contributed by atoms with Crippen molar-refractivity contribution in [3.05, 3.63) is 77.3 Å². The maximum atomic E-state index is 12.5. The first-order valence-corrected chi connectivity index (χ1v) is 8.14. The Kier molecular flexibility index (Phi) is 4.84. The van der Waals surface area contributed by atoms with Gasteiger partial charge >= 0.3 is 5.97 Å². The van der Waals surface area contributed by atoms with Gasteiger partial charge in [0.1, 0.15) is 18.0 Å². The van der Waals surface area contributed by atoms with Crippen LogP contribution in [0, 0.1) is 13.8 Å². The number of aromatic nitrogens is 3. The van der Waals surface area contributed by atoms with Gasteiger partial charge in [-0.05, 0) is 37.6 Å². The Morgan fingerprint density at radius 3 is 2.48 bits per heavy atom. The molecule has 0 N–H and O–H groups in total. The summed E-state index contributed by atoms with van der Waals surface area (Å²) in [4.78, 5) is 12.5. The first-order chi connectivity index (χ1) is 12.1. The molecule has 0 aliphatic heterocycles. The summed E-state index contributed by atoms with van der Waals surface area (Å²) in [5, 5.41) is 4.23. The third-order valence-corrected chi connectivity index (χ3v) is 4.03. The first kappa shape index (κ1) is 16.8. The number of carbonyl (C=O) groups excluding carboxylic acids is 1. The summed E-state index contributed by atoms with van der Waals surface area (Å²) in [6.45, 7) is 4.21. The Labute approximate surface area is 147 Å². The summed E-state index contributed by atoms with van der Waals surface area (Å²) < 4.78 is 9.08. The second-order valence-corrected chi connectivity index (χ2v) is 5.87. The minimum Gasteiger partial charge on any atom is -0.458 e. The third-order valence-electron chi connectivity index (χ3n) is 4.03. The molecule has 0 unspecified atom stereocenters. The highest BCUT2D eigenvalue weighted by Gasteiger charge is 2.20. The Morgan fingerprint density at radius 2 is 1.80 bits per heavy atom. The predicted octanol–water partition coefficient (Wildman–Crippen LogP) is 3.70. The lowest BCUT2D eigenvalue weighted by molar-refractivity contribution is 0.0550. The van der Waals surface area contributed by atoms with E-state index in [1.54, 1.807) is 10.9 Å². The van der Waals surface area contributed by atoms with Crippen molar-refractivity contribution in [1.29, 1.82) is 0 Å². The van der Waals surface area contributed by atoms with Crippen LogP contribution in [0.3, 0.4) is 0 Å². The van der Waals surface area contributed by atoms with E-state index in [0.717, 1.165) is 22.8 Å². The van der Waals surface area contributed by atoms with Gasteiger partial charge in [0.25, 0.3) is 0 Å². The molecular formula is C20H21N3O2. The molecular weight excluding hydrogens is 314 g/mol. The maximum absolute atomic E-state index is 12.5. The Balaban J connectivity index is 1.74. The molecule has 1 aromatic carbocycles. The van der Waals surface area contributed by atoms with E-state index in [0.29, 0.717) is 5.56 Å². The van der Waals surface area contributed by atoms with Crippen molar-refractivity contribution in [2.75, 3.05) is 6.61 Å². The van der Waals surface area contributed by atoms with Crippen LogP contribution >= 0.6 is 0 Å². The fourth-order valence-electron chi connectivity index (χ4n) is 2.79. The second kappa shape index (κ2) is 7.21. The molecule has 0 saturated carbocycles. The Morgan fingerprint density at radius 1 is 1.12 bits per heavy atom. The van der Waals surface area contributed by atoms with Crippen LogP contribution in [0.1, 0.15) is 27.3 Å². The highest BCUT2D eigenvalue weighted by atomic mass is 16.5. The van der Waals surface area contributed by atoms with Crippen LogP contribution in [0.25, 0.3) is 11.9 Å². The fourth-order valence-corrected chi connectivity index (χ4v) is 2.79. The molecule has 0 saturated heterocycles. The van der Waals surface area contributed by atoms with E-state index in [9.17, 15) is 4.79 Å². The topological polar surface area (TPSA) is 49.1 Å². The quantitative estimate of drug-likeness (QED) is 0.668. The molecule has 2 heterocycles. The van der Waals surface area contributed by atoms with Crippen LogP contribution < -0.4 is 0 Å². The number of ether oxygens (including phenoxy) is 1. The van der Waals surface area contributed by atoms with Crippen molar-refractivity contribution in [2.24, 2.45) is 7.05 Å². The molecule has 0 spiro atoms. The highest BCUT2D eigenvalue weighted by molar-refractivity contribution is 5.92. The molecule has 5 nitrogen and oxygen atoms in total. The van der Waals surface area contributed by atoms with Crippen LogP contribution in [0.5, 0.6) is 0 Å². The van der Waals surface area contributed by atoms with E-state index >= 15 is 0 Å². The van der Waals surface area contributed by atoms with E-state index in [2.05, 4.69) is 5.10 Å². The van der Waals surface area contributed by atoms with Crippen LogP contribution in [-0.4, -0.2) is 26.9 Å². The number of hydrogen-bond acceptors (Lipinski definition) is 3. The van der Waals surface area contributed by atoms with Gasteiger partial charge in [-0.15, -0.1) is 0 Å². The van der Waals surface area contributed by atoms with Gasteiger partial charge in [-0.3, -0.25) is 4.68 Å². The zero-order valence-corrected chi connectivity index (χ0v) is 14.6. The number of rotatable bonds is 5. The van der Waals surface area contributed by atoms with E-state index in [1.165, 1.54) is 0 Å². The number of carbonyl (C=O) groups is 1. The molecule has 0 aliphatic rings. The molecule has 0 bridgehead atoms. The number of nitrogens with zero attached hydrogens (tertiary/aromatic N) is 3. The molecule has 128 valence electrons. The maximum Gasteiger partial charge on any atom is 0.343 e. The van der Waals surface area contributed by atoms with Crippen molar-refractivity contribution in [2.45, 2.75) is 13.8 Å². The average molecular weight is 335 g/mol. The van der Waals surface area contributed by atoms with Crippen LogP contribution in [0.2, 0.25) is 0 Å². The molecule has 0 amide bonds. The van der Waals surface area contributed by atoms with Gasteiger partial charge in [-0.25, -0.2) is 4.79 Å². The molecule has 5 heteroatoms. The predicted molar refractivity (Wildman–Crippen MR) is 97.8 cm³/mol. The lowest BCUT2D eigenvalue weighted by Crippen LogP contribution is -2.13. The van der Waals surface area contributed by atoms with Gasteiger partial charge in [0.2, 0.25) is 0 Å². The zero-order valence-electron chi connectivity index (χ0n) is 14.6. The molecule has 3 aromatic rings. The van der Waals surface area contributed by atoms with Crippen molar-refractivity contribution >= 4 is 12.0 Å². The molecule has 0 atom stereocenters. The fraction of sp³-hybridized carbons (Fsp3) is 0.200. The number of hydrogen-bond donors (Lipinski definition) is 0. The van der Waals surface area contributed by atoms with E-state index in [1.807, 2.05) is 80.1 Å². The van der Waals surface area contributed by atoms with Crippen LogP contribution in [-0.2, 0) is 11.8 Å². The normalized spacial score (nSPS) is 11.2. The van der Waals surface area contributed by atoms with Crippen molar-refractivity contribution < 1.29 is 9.53 Å². The molecule has 0 radical (unpaired) electrons. The lowest BCUT2D eigenvalue weighted by Gasteiger charge is -2.11. The monoisotopic (exact) mass is 335 g/mol. The highest BCUT2D eigenvalue weighted by Crippen LogP contribution is 2.20. The number of benzene rings is 1. The third kappa shape index (κ3) is 3.55.